The zero-order valence-electron chi connectivity index (χ0n) is 21.3. The second-order valence-corrected chi connectivity index (χ2v) is 14.7. The van der Waals surface area contributed by atoms with Crippen LogP contribution in [0, 0.1) is 28.6 Å². The van der Waals surface area contributed by atoms with Crippen molar-refractivity contribution in [2.24, 2.45) is 28.6 Å². The Morgan fingerprint density at radius 2 is 1.86 bits per heavy atom. The molecule has 1 aliphatic heterocycles. The number of ether oxygens (including phenoxy) is 1. The van der Waals surface area contributed by atoms with Crippen LogP contribution < -0.4 is 0 Å². The van der Waals surface area contributed by atoms with Crippen molar-refractivity contribution >= 4 is 39.3 Å². The first kappa shape index (κ1) is 26.2. The Hall–Kier alpha value is -1.41. The predicted octanol–water partition coefficient (Wildman–Crippen LogP) is 6.26. The van der Waals surface area contributed by atoms with Gasteiger partial charge in [-0.3, -0.25) is 9.59 Å². The van der Waals surface area contributed by atoms with Gasteiger partial charge in [-0.05, 0) is 88.5 Å². The van der Waals surface area contributed by atoms with Crippen molar-refractivity contribution in [1.82, 2.24) is 0 Å². The Balaban J connectivity index is 1.30. The van der Waals surface area contributed by atoms with Crippen molar-refractivity contribution in [3.05, 3.63) is 23.5 Å². The summed E-state index contributed by atoms with van der Waals surface area (Å²) < 4.78 is 5.99. The summed E-state index contributed by atoms with van der Waals surface area (Å²) >= 11 is 0. The lowest BCUT2D eigenvalue weighted by Gasteiger charge is -2.58. The number of hydrogen-bond donors (Lipinski definition) is 2. The number of aliphatic hydroxyl groups is 1. The van der Waals surface area contributed by atoms with Gasteiger partial charge in [0.2, 0.25) is 5.60 Å². The van der Waals surface area contributed by atoms with Crippen molar-refractivity contribution < 1.29 is 29.3 Å². The van der Waals surface area contributed by atoms with Crippen LogP contribution >= 0.6 is 21.6 Å². The van der Waals surface area contributed by atoms with Crippen LogP contribution in [0.15, 0.2) is 23.5 Å². The van der Waals surface area contributed by atoms with Crippen LogP contribution in [0.4, 0.5) is 0 Å². The molecule has 3 saturated carbocycles. The molecule has 1 saturated heterocycles. The molecule has 5 rings (SSSR count). The highest BCUT2D eigenvalue weighted by molar-refractivity contribution is 8.77. The summed E-state index contributed by atoms with van der Waals surface area (Å²) in [6.07, 6.45) is 11.3. The van der Waals surface area contributed by atoms with Crippen molar-refractivity contribution in [2.45, 2.75) is 95.3 Å². The van der Waals surface area contributed by atoms with Crippen molar-refractivity contribution in [3.8, 4) is 0 Å². The molecule has 198 valence electrons. The van der Waals surface area contributed by atoms with Crippen LogP contribution in [-0.2, 0) is 19.1 Å². The van der Waals surface area contributed by atoms with Crippen LogP contribution in [0.5, 0.6) is 0 Å². The number of fused-ring (bicyclic) bond motifs is 5. The van der Waals surface area contributed by atoms with Gasteiger partial charge in [-0.15, -0.1) is 0 Å². The zero-order chi connectivity index (χ0) is 25.7. The van der Waals surface area contributed by atoms with Gasteiger partial charge >= 0.3 is 11.9 Å². The molecular weight excluding hydrogens is 496 g/mol. The summed E-state index contributed by atoms with van der Waals surface area (Å²) in [5.41, 5.74) is -1.70. The first-order valence-corrected chi connectivity index (χ1v) is 15.9. The molecule has 0 aromatic carbocycles. The topological polar surface area (TPSA) is 101 Å². The number of hydrogen-bond acceptors (Lipinski definition) is 7. The lowest BCUT2D eigenvalue weighted by molar-refractivity contribution is -0.201. The van der Waals surface area contributed by atoms with Gasteiger partial charge < -0.3 is 14.9 Å². The molecule has 0 aromatic rings. The SMILES string of the molecule is CC12C(O)=CC(=O)C=C1CCC1C2CCC2(C)C1CCC2(OC(=O)CCCC[C@@H]1CCSS1)C(=O)O. The van der Waals surface area contributed by atoms with Crippen LogP contribution in [-0.4, -0.2) is 44.5 Å². The molecule has 2 N–H and O–H groups in total. The number of carbonyl (C=O) groups excluding carboxylic acids is 2. The molecule has 6 nitrogen and oxygen atoms in total. The number of unbranched alkanes of at least 4 members (excludes halogenated alkanes) is 1. The normalized spacial score (nSPS) is 41.6. The summed E-state index contributed by atoms with van der Waals surface area (Å²) in [4.78, 5) is 37.8. The largest absolute Gasteiger partial charge is 0.511 e. The summed E-state index contributed by atoms with van der Waals surface area (Å²) in [7, 11) is 3.86. The average Bonchev–Trinajstić information content (AvgIpc) is 3.44. The van der Waals surface area contributed by atoms with Crippen molar-refractivity contribution in [1.29, 1.82) is 0 Å². The smallest absolute Gasteiger partial charge is 0.348 e. The molecule has 4 aliphatic carbocycles. The Morgan fingerprint density at radius 1 is 1.08 bits per heavy atom. The Bertz CT molecular complexity index is 1000. The number of carbonyl (C=O) groups is 3. The van der Waals surface area contributed by atoms with Gasteiger partial charge in [0.25, 0.3) is 0 Å². The number of aliphatic hydroxyl groups excluding tert-OH is 1. The molecule has 0 aromatic heterocycles. The second kappa shape index (κ2) is 9.72. The number of rotatable bonds is 7. The third kappa shape index (κ3) is 4.05. The van der Waals surface area contributed by atoms with E-state index in [1.165, 1.54) is 18.2 Å². The van der Waals surface area contributed by atoms with E-state index in [1.807, 2.05) is 35.4 Å². The zero-order valence-corrected chi connectivity index (χ0v) is 22.9. The van der Waals surface area contributed by atoms with Crippen LogP contribution in [0.1, 0.15) is 84.5 Å². The first-order chi connectivity index (χ1) is 17.1. The number of allylic oxidation sites excluding steroid dienone is 3. The molecule has 6 unspecified atom stereocenters. The van der Waals surface area contributed by atoms with Gasteiger partial charge in [0, 0.05) is 34.3 Å². The Labute approximate surface area is 221 Å². The standard InChI is InChI=1S/C28H38O6S2/c1-26-12-9-22-20(8-7-17-15-18(29)16-23(30)27(17,22)2)21(26)10-13-28(26,25(32)33)34-24(31)6-4-3-5-19-11-14-35-36-19/h15-16,19-22,30H,3-14H2,1-2H3,(H,32,33)/t19-,20?,21?,22?,26?,27?,28?/m1/s1. The fourth-order valence-corrected chi connectivity index (χ4v) is 11.3. The highest BCUT2D eigenvalue weighted by Crippen LogP contribution is 2.68. The first-order valence-electron chi connectivity index (χ1n) is 13.5. The Morgan fingerprint density at radius 3 is 2.58 bits per heavy atom. The molecule has 5 aliphatic rings. The minimum atomic E-state index is -1.49. The van der Waals surface area contributed by atoms with E-state index in [0.717, 1.165) is 44.1 Å². The minimum absolute atomic E-state index is 0.0980. The van der Waals surface area contributed by atoms with Crippen LogP contribution in [0.2, 0.25) is 0 Å². The number of carboxylic acids is 1. The molecule has 0 spiro atoms. The molecular formula is C28H38O6S2. The molecule has 8 heteroatoms. The molecule has 0 bridgehead atoms. The quantitative estimate of drug-likeness (QED) is 0.224. The maximum Gasteiger partial charge on any atom is 0.348 e. The fraction of sp³-hybridized carbons (Fsp3) is 0.750. The predicted molar refractivity (Wildman–Crippen MR) is 142 cm³/mol. The van der Waals surface area contributed by atoms with Gasteiger partial charge in [0.05, 0.1) is 0 Å². The van der Waals surface area contributed by atoms with E-state index in [2.05, 4.69) is 0 Å². The van der Waals surface area contributed by atoms with Gasteiger partial charge in [-0.1, -0.05) is 40.5 Å². The second-order valence-electron chi connectivity index (χ2n) is 11.9. The van der Waals surface area contributed by atoms with Gasteiger partial charge in [-0.25, -0.2) is 4.79 Å². The molecule has 4 fully saturated rings. The van der Waals surface area contributed by atoms with E-state index in [4.69, 9.17) is 4.74 Å². The van der Waals surface area contributed by atoms with Crippen molar-refractivity contribution in [2.75, 3.05) is 5.75 Å². The maximum atomic E-state index is 12.9. The monoisotopic (exact) mass is 534 g/mol. The molecule has 0 amide bonds. The number of aliphatic carboxylic acids is 1. The Kier molecular flexibility index (Phi) is 7.07. The molecule has 0 radical (unpaired) electrons. The fourth-order valence-electron chi connectivity index (χ4n) is 8.31. The molecule has 7 atom stereocenters. The lowest BCUT2D eigenvalue weighted by atomic mass is 9.47. The highest BCUT2D eigenvalue weighted by atomic mass is 33.1. The van der Waals surface area contributed by atoms with Gasteiger partial charge in [0.15, 0.2) is 5.78 Å². The van der Waals surface area contributed by atoms with Gasteiger partial charge in [0.1, 0.15) is 5.76 Å². The van der Waals surface area contributed by atoms with E-state index in [-0.39, 0.29) is 41.7 Å². The van der Waals surface area contributed by atoms with Crippen molar-refractivity contribution in [3.63, 3.8) is 0 Å². The number of ketones is 1. The highest BCUT2D eigenvalue weighted by Gasteiger charge is 2.69. The van der Waals surface area contributed by atoms with Gasteiger partial charge in [-0.2, -0.15) is 0 Å². The summed E-state index contributed by atoms with van der Waals surface area (Å²) in [5.74, 6) is 0.244. The molecule has 36 heavy (non-hydrogen) atoms. The van der Waals surface area contributed by atoms with E-state index in [9.17, 15) is 24.6 Å². The summed E-state index contributed by atoms with van der Waals surface area (Å²) in [5, 5.41) is 22.0. The third-order valence-electron chi connectivity index (χ3n) is 10.4. The summed E-state index contributed by atoms with van der Waals surface area (Å²) in [6.45, 7) is 4.06. The maximum absolute atomic E-state index is 12.9. The molecule has 1 heterocycles. The van der Waals surface area contributed by atoms with E-state index >= 15 is 0 Å². The van der Waals surface area contributed by atoms with E-state index < -0.39 is 22.4 Å². The van der Waals surface area contributed by atoms with Crippen LogP contribution in [0.25, 0.3) is 0 Å². The third-order valence-corrected chi connectivity index (χ3v) is 13.4. The number of esters is 1. The average molecular weight is 535 g/mol. The minimum Gasteiger partial charge on any atom is -0.511 e. The van der Waals surface area contributed by atoms with Crippen LogP contribution in [0.3, 0.4) is 0 Å². The van der Waals surface area contributed by atoms with E-state index in [1.54, 1.807) is 6.08 Å². The summed E-state index contributed by atoms with van der Waals surface area (Å²) in [6, 6.07) is 0. The lowest BCUT2D eigenvalue weighted by Crippen LogP contribution is -2.59. The number of carboxylic acid groups (broad SMARTS) is 1. The van der Waals surface area contributed by atoms with E-state index in [0.29, 0.717) is 24.5 Å².